The van der Waals surface area contributed by atoms with Gasteiger partial charge >= 0.3 is 0 Å². The van der Waals surface area contributed by atoms with E-state index >= 15 is 0 Å². The van der Waals surface area contributed by atoms with Gasteiger partial charge in [-0.2, -0.15) is 0 Å². The van der Waals surface area contributed by atoms with Crippen molar-refractivity contribution in [2.45, 2.75) is 26.3 Å². The van der Waals surface area contributed by atoms with E-state index in [-0.39, 0.29) is 5.91 Å². The first-order valence-corrected chi connectivity index (χ1v) is 9.14. The lowest BCUT2D eigenvalue weighted by Crippen LogP contribution is -2.37. The van der Waals surface area contributed by atoms with Crippen LogP contribution in [0.1, 0.15) is 22.5 Å². The smallest absolute Gasteiger partial charge is 0.228 e. The molecule has 1 aliphatic heterocycles. The second-order valence-corrected chi connectivity index (χ2v) is 7.11. The van der Waals surface area contributed by atoms with E-state index in [0.29, 0.717) is 19.5 Å². The molecule has 4 rings (SSSR count). The molecule has 0 fully saturated rings. The van der Waals surface area contributed by atoms with Crippen LogP contribution in [-0.4, -0.2) is 32.3 Å². The summed E-state index contributed by atoms with van der Waals surface area (Å²) in [5.74, 6) is 0.107. The summed E-state index contributed by atoms with van der Waals surface area (Å²) < 4.78 is 0. The molecule has 0 atom stereocenters. The zero-order chi connectivity index (χ0) is 17.2. The quantitative estimate of drug-likeness (QED) is 0.728. The molecule has 1 aliphatic rings. The van der Waals surface area contributed by atoms with Gasteiger partial charge in [0.05, 0.1) is 17.8 Å². The van der Waals surface area contributed by atoms with E-state index in [1.165, 1.54) is 5.56 Å². The van der Waals surface area contributed by atoms with Gasteiger partial charge in [-0.1, -0.05) is 23.8 Å². The highest BCUT2D eigenvalue weighted by Crippen LogP contribution is 2.25. The van der Waals surface area contributed by atoms with Crippen LogP contribution in [0.15, 0.2) is 42.2 Å². The van der Waals surface area contributed by atoms with E-state index in [0.717, 1.165) is 33.9 Å². The number of carbonyl (C=O) groups excluding carboxylic acids is 1. The molecule has 0 bridgehead atoms. The molecule has 0 spiro atoms. The minimum Gasteiger partial charge on any atom is -0.338 e. The molecule has 2 aromatic heterocycles. The van der Waals surface area contributed by atoms with Crippen molar-refractivity contribution in [1.82, 2.24) is 19.9 Å². The second-order valence-electron chi connectivity index (χ2n) is 6.25. The lowest BCUT2D eigenvalue weighted by atomic mass is 10.1. The van der Waals surface area contributed by atoms with Crippen LogP contribution in [-0.2, 0) is 24.2 Å². The van der Waals surface area contributed by atoms with Gasteiger partial charge in [-0.3, -0.25) is 4.79 Å². The molecule has 0 aliphatic carbocycles. The Morgan fingerprint density at radius 2 is 2.28 bits per heavy atom. The van der Waals surface area contributed by atoms with Gasteiger partial charge in [0.2, 0.25) is 5.91 Å². The summed E-state index contributed by atoms with van der Waals surface area (Å²) in [5.41, 5.74) is 5.24. The van der Waals surface area contributed by atoms with Gasteiger partial charge in [-0.05, 0) is 13.0 Å². The highest BCUT2D eigenvalue weighted by Gasteiger charge is 2.22. The fraction of sp³-hybridized carbons (Fsp3) is 0.263. The van der Waals surface area contributed by atoms with Crippen LogP contribution < -0.4 is 0 Å². The Labute approximate surface area is 150 Å². The summed E-state index contributed by atoms with van der Waals surface area (Å²) in [6.07, 6.45) is 4.50. The number of aromatic nitrogens is 3. The lowest BCUT2D eigenvalue weighted by Gasteiger charge is -2.27. The summed E-state index contributed by atoms with van der Waals surface area (Å²) in [6.45, 7) is 3.36. The normalized spacial score (nSPS) is 13.6. The van der Waals surface area contributed by atoms with E-state index in [1.807, 2.05) is 16.3 Å². The Bertz CT molecular complexity index is 921. The Morgan fingerprint density at radius 1 is 1.36 bits per heavy atom. The Hall–Kier alpha value is -2.60. The summed E-state index contributed by atoms with van der Waals surface area (Å²) >= 11 is 1.59. The number of rotatable bonds is 3. The topological polar surface area (TPSA) is 59.0 Å². The predicted molar refractivity (Wildman–Crippen MR) is 97.1 cm³/mol. The maximum absolute atomic E-state index is 12.6. The van der Waals surface area contributed by atoms with Gasteiger partial charge in [0.1, 0.15) is 11.3 Å². The molecule has 1 aromatic carbocycles. The third-order valence-electron chi connectivity index (χ3n) is 4.36. The molecule has 126 valence electrons. The molecule has 1 amide bonds. The molecule has 0 radical (unpaired) electrons. The van der Waals surface area contributed by atoms with Crippen LogP contribution >= 0.6 is 11.3 Å². The number of amides is 1. The van der Waals surface area contributed by atoms with Crippen LogP contribution in [0.2, 0.25) is 0 Å². The molecule has 5 nitrogen and oxygen atoms in total. The lowest BCUT2D eigenvalue weighted by molar-refractivity contribution is -0.131. The van der Waals surface area contributed by atoms with Gasteiger partial charge in [-0.25, -0.2) is 15.0 Å². The highest BCUT2D eigenvalue weighted by atomic mass is 32.1. The van der Waals surface area contributed by atoms with Crippen molar-refractivity contribution in [2.24, 2.45) is 0 Å². The van der Waals surface area contributed by atoms with Crippen LogP contribution in [0.4, 0.5) is 0 Å². The van der Waals surface area contributed by atoms with E-state index in [1.54, 1.807) is 23.9 Å². The van der Waals surface area contributed by atoms with Crippen molar-refractivity contribution in [3.05, 3.63) is 64.7 Å². The Balaban J connectivity index is 1.45. The van der Waals surface area contributed by atoms with E-state index in [4.69, 9.17) is 0 Å². The summed E-state index contributed by atoms with van der Waals surface area (Å²) in [7, 11) is 0. The van der Waals surface area contributed by atoms with Gasteiger partial charge in [-0.15, -0.1) is 11.3 Å². The van der Waals surface area contributed by atoms with Crippen LogP contribution in [0.25, 0.3) is 10.6 Å². The number of hydrogen-bond acceptors (Lipinski definition) is 5. The van der Waals surface area contributed by atoms with Crippen molar-refractivity contribution in [1.29, 1.82) is 0 Å². The molecule has 3 aromatic rings. The number of benzene rings is 1. The first-order chi connectivity index (χ1) is 12.2. The summed E-state index contributed by atoms with van der Waals surface area (Å²) in [6, 6.07) is 8.27. The second kappa shape index (κ2) is 6.72. The fourth-order valence-corrected chi connectivity index (χ4v) is 3.86. The molecule has 0 unspecified atom stereocenters. The van der Waals surface area contributed by atoms with Crippen molar-refractivity contribution in [3.8, 4) is 10.6 Å². The number of carbonyl (C=O) groups is 1. The van der Waals surface area contributed by atoms with Gasteiger partial charge in [0.25, 0.3) is 0 Å². The van der Waals surface area contributed by atoms with Crippen LogP contribution in [0.3, 0.4) is 0 Å². The van der Waals surface area contributed by atoms with Crippen molar-refractivity contribution in [3.63, 3.8) is 0 Å². The molecule has 3 heterocycles. The highest BCUT2D eigenvalue weighted by molar-refractivity contribution is 7.13. The maximum atomic E-state index is 12.6. The standard InChI is InChI=1S/C19H18N4OS/c1-13-3-2-4-14(7-13)19-22-16(11-25-19)8-18(24)23-6-5-17-15(10-23)9-20-12-21-17/h2-4,7,9,11-12H,5-6,8,10H2,1H3. The third-order valence-corrected chi connectivity index (χ3v) is 5.30. The molecule has 0 saturated carbocycles. The maximum Gasteiger partial charge on any atom is 0.228 e. The van der Waals surface area contributed by atoms with Gasteiger partial charge < -0.3 is 4.90 Å². The Kier molecular flexibility index (Phi) is 4.28. The molecule has 0 N–H and O–H groups in total. The van der Waals surface area contributed by atoms with Crippen molar-refractivity contribution in [2.75, 3.05) is 6.54 Å². The Morgan fingerprint density at radius 3 is 3.16 bits per heavy atom. The minimum absolute atomic E-state index is 0.107. The van der Waals surface area contributed by atoms with E-state index in [9.17, 15) is 4.79 Å². The number of hydrogen-bond donors (Lipinski definition) is 0. The van der Waals surface area contributed by atoms with Crippen molar-refractivity contribution >= 4 is 17.2 Å². The molecule has 0 saturated heterocycles. The van der Waals surface area contributed by atoms with Gasteiger partial charge in [0, 0.05) is 42.2 Å². The monoisotopic (exact) mass is 350 g/mol. The summed E-state index contributed by atoms with van der Waals surface area (Å²) in [4.78, 5) is 27.5. The average molecular weight is 350 g/mol. The van der Waals surface area contributed by atoms with Gasteiger partial charge in [0.15, 0.2) is 0 Å². The number of nitrogens with zero attached hydrogens (tertiary/aromatic N) is 4. The zero-order valence-corrected chi connectivity index (χ0v) is 14.8. The SMILES string of the molecule is Cc1cccc(-c2nc(CC(=O)N3CCc4ncncc4C3)cs2)c1. The first-order valence-electron chi connectivity index (χ1n) is 8.26. The molecule has 6 heteroatoms. The van der Waals surface area contributed by atoms with E-state index in [2.05, 4.69) is 40.1 Å². The summed E-state index contributed by atoms with van der Waals surface area (Å²) in [5, 5.41) is 2.94. The predicted octanol–water partition coefficient (Wildman–Crippen LogP) is 3.04. The number of thiazole rings is 1. The van der Waals surface area contributed by atoms with Crippen LogP contribution in [0.5, 0.6) is 0 Å². The first kappa shape index (κ1) is 15.9. The minimum atomic E-state index is 0.107. The van der Waals surface area contributed by atoms with E-state index < -0.39 is 0 Å². The largest absolute Gasteiger partial charge is 0.338 e. The fourth-order valence-electron chi connectivity index (χ4n) is 3.04. The van der Waals surface area contributed by atoms with Crippen LogP contribution in [0, 0.1) is 6.92 Å². The third kappa shape index (κ3) is 3.44. The average Bonchev–Trinajstić information content (AvgIpc) is 3.10. The van der Waals surface area contributed by atoms with Crippen molar-refractivity contribution < 1.29 is 4.79 Å². The molecule has 25 heavy (non-hydrogen) atoms. The molecular weight excluding hydrogens is 332 g/mol. The molecular formula is C19H18N4OS. The number of aryl methyl sites for hydroxylation is 1. The zero-order valence-electron chi connectivity index (χ0n) is 14.0. The number of fused-ring (bicyclic) bond motifs is 1.